The van der Waals surface area contributed by atoms with E-state index in [-0.39, 0.29) is 12.0 Å². The molecule has 124 valence electrons. The van der Waals surface area contributed by atoms with Crippen LogP contribution in [0.1, 0.15) is 66.7 Å². The predicted octanol–water partition coefficient (Wildman–Crippen LogP) is 3.67. The molecule has 1 atom stereocenters. The summed E-state index contributed by atoms with van der Waals surface area (Å²) < 4.78 is 0. The lowest BCUT2D eigenvalue weighted by atomic mass is 9.69. The third-order valence-corrected chi connectivity index (χ3v) is 5.33. The van der Waals surface area contributed by atoms with Crippen molar-refractivity contribution in [1.82, 2.24) is 4.90 Å². The van der Waals surface area contributed by atoms with Crippen molar-refractivity contribution in [3.8, 4) is 0 Å². The van der Waals surface area contributed by atoms with Gasteiger partial charge in [0.1, 0.15) is 0 Å². The molecule has 0 aromatic carbocycles. The highest BCUT2D eigenvalue weighted by Crippen LogP contribution is 2.40. The molecule has 1 fully saturated rings. The van der Waals surface area contributed by atoms with E-state index in [1.54, 1.807) is 0 Å². The maximum absolute atomic E-state index is 12.5. The molecule has 0 radical (unpaired) electrons. The smallest absolute Gasteiger partial charge is 0.225 e. The summed E-state index contributed by atoms with van der Waals surface area (Å²) in [6.45, 7) is 12.0. The Morgan fingerprint density at radius 2 is 1.71 bits per heavy atom. The average molecular weight is 296 g/mol. The molecule has 0 saturated heterocycles. The molecule has 1 aliphatic carbocycles. The quantitative estimate of drug-likeness (QED) is 0.841. The number of rotatable bonds is 5. The van der Waals surface area contributed by atoms with E-state index in [1.807, 2.05) is 11.9 Å². The molecule has 2 N–H and O–H groups in total. The Morgan fingerprint density at radius 3 is 2.14 bits per heavy atom. The monoisotopic (exact) mass is 296 g/mol. The van der Waals surface area contributed by atoms with E-state index in [4.69, 9.17) is 5.73 Å². The first kappa shape index (κ1) is 18.5. The van der Waals surface area contributed by atoms with Gasteiger partial charge >= 0.3 is 0 Å². The largest absolute Gasteiger partial charge is 0.345 e. The number of carbonyl (C=O) groups is 1. The maximum atomic E-state index is 12.5. The molecule has 1 saturated carbocycles. The Hall–Kier alpha value is -0.570. The molecule has 1 rings (SSSR count). The second kappa shape index (κ2) is 7.62. The van der Waals surface area contributed by atoms with Crippen molar-refractivity contribution in [1.29, 1.82) is 0 Å². The fourth-order valence-electron chi connectivity index (χ4n) is 3.30. The Labute approximate surface area is 131 Å². The van der Waals surface area contributed by atoms with Crippen LogP contribution in [0.15, 0.2) is 0 Å². The molecule has 1 unspecified atom stereocenters. The zero-order chi connectivity index (χ0) is 16.2. The van der Waals surface area contributed by atoms with Gasteiger partial charge in [0.15, 0.2) is 0 Å². The van der Waals surface area contributed by atoms with Crippen LogP contribution in [0.25, 0.3) is 0 Å². The van der Waals surface area contributed by atoms with Gasteiger partial charge in [-0.05, 0) is 49.4 Å². The Kier molecular flexibility index (Phi) is 6.71. The summed E-state index contributed by atoms with van der Waals surface area (Å²) in [5, 5.41) is 0. The average Bonchev–Trinajstić information content (AvgIpc) is 2.42. The van der Waals surface area contributed by atoms with Crippen LogP contribution < -0.4 is 5.73 Å². The van der Waals surface area contributed by atoms with E-state index in [0.29, 0.717) is 17.2 Å². The molecule has 3 nitrogen and oxygen atoms in total. The zero-order valence-corrected chi connectivity index (χ0v) is 15.0. The molecule has 1 amide bonds. The molecule has 0 spiro atoms. The topological polar surface area (TPSA) is 46.3 Å². The maximum Gasteiger partial charge on any atom is 0.225 e. The van der Waals surface area contributed by atoms with Crippen LogP contribution in [-0.4, -0.2) is 30.4 Å². The summed E-state index contributed by atoms with van der Waals surface area (Å²) in [5.41, 5.74) is 6.45. The molecule has 0 bridgehead atoms. The highest BCUT2D eigenvalue weighted by atomic mass is 16.2. The van der Waals surface area contributed by atoms with Crippen molar-refractivity contribution in [2.45, 2.75) is 72.8 Å². The van der Waals surface area contributed by atoms with Crippen molar-refractivity contribution < 1.29 is 4.79 Å². The predicted molar refractivity (Wildman–Crippen MR) is 90.0 cm³/mol. The normalized spacial score (nSPS) is 25.0. The third kappa shape index (κ3) is 5.61. The first-order valence-electron chi connectivity index (χ1n) is 8.63. The Bertz CT molecular complexity index is 325. The molecule has 1 aliphatic rings. The standard InChI is InChI=1S/C18H36N2O/c1-13(2)16(19)11-12-20(6)17(21)14-7-9-15(10-8-14)18(3,4)5/h13-16H,7-12,19H2,1-6H3. The third-order valence-electron chi connectivity index (χ3n) is 5.33. The zero-order valence-electron chi connectivity index (χ0n) is 15.0. The first-order chi connectivity index (χ1) is 9.62. The molecule has 0 aliphatic heterocycles. The SMILES string of the molecule is CC(C)C(N)CCN(C)C(=O)C1CCC(C(C)(C)C)CC1. The fourth-order valence-corrected chi connectivity index (χ4v) is 3.30. The van der Waals surface area contributed by atoms with Gasteiger partial charge in [-0.3, -0.25) is 4.79 Å². The van der Waals surface area contributed by atoms with E-state index in [9.17, 15) is 4.79 Å². The molecular formula is C18H36N2O. The second-order valence-electron chi connectivity index (χ2n) is 8.37. The summed E-state index contributed by atoms with van der Waals surface area (Å²) >= 11 is 0. The van der Waals surface area contributed by atoms with Crippen molar-refractivity contribution in [3.63, 3.8) is 0 Å². The summed E-state index contributed by atoms with van der Waals surface area (Å²) in [7, 11) is 1.94. The van der Waals surface area contributed by atoms with Gasteiger partial charge in [-0.15, -0.1) is 0 Å². The molecule has 3 heteroatoms. The van der Waals surface area contributed by atoms with Gasteiger partial charge in [0, 0.05) is 25.6 Å². The van der Waals surface area contributed by atoms with Gasteiger partial charge in [0.25, 0.3) is 0 Å². The van der Waals surface area contributed by atoms with Gasteiger partial charge in [-0.1, -0.05) is 34.6 Å². The number of hydrogen-bond acceptors (Lipinski definition) is 2. The van der Waals surface area contributed by atoms with Gasteiger partial charge in [-0.25, -0.2) is 0 Å². The number of amides is 1. The summed E-state index contributed by atoms with van der Waals surface area (Å²) in [6.07, 6.45) is 5.40. The van der Waals surface area contributed by atoms with Crippen LogP contribution in [0.5, 0.6) is 0 Å². The van der Waals surface area contributed by atoms with E-state index in [2.05, 4.69) is 34.6 Å². The molecule has 0 heterocycles. The lowest BCUT2D eigenvalue weighted by Gasteiger charge is -2.37. The lowest BCUT2D eigenvalue weighted by molar-refractivity contribution is -0.136. The Balaban J connectivity index is 2.39. The van der Waals surface area contributed by atoms with Crippen molar-refractivity contribution in [2.24, 2.45) is 28.9 Å². The number of nitrogens with two attached hydrogens (primary N) is 1. The lowest BCUT2D eigenvalue weighted by Crippen LogP contribution is -2.39. The minimum atomic E-state index is 0.192. The van der Waals surface area contributed by atoms with Crippen LogP contribution in [0.3, 0.4) is 0 Å². The number of hydrogen-bond donors (Lipinski definition) is 1. The van der Waals surface area contributed by atoms with Crippen LogP contribution in [0.4, 0.5) is 0 Å². The van der Waals surface area contributed by atoms with Crippen molar-refractivity contribution in [3.05, 3.63) is 0 Å². The van der Waals surface area contributed by atoms with E-state index in [1.165, 1.54) is 12.8 Å². The fraction of sp³-hybridized carbons (Fsp3) is 0.944. The first-order valence-corrected chi connectivity index (χ1v) is 8.63. The van der Waals surface area contributed by atoms with E-state index < -0.39 is 0 Å². The number of carbonyl (C=O) groups excluding carboxylic acids is 1. The van der Waals surface area contributed by atoms with Crippen LogP contribution >= 0.6 is 0 Å². The minimum Gasteiger partial charge on any atom is -0.345 e. The van der Waals surface area contributed by atoms with Crippen LogP contribution in [-0.2, 0) is 4.79 Å². The number of nitrogens with zero attached hydrogens (tertiary/aromatic N) is 1. The second-order valence-corrected chi connectivity index (χ2v) is 8.37. The minimum absolute atomic E-state index is 0.192. The highest BCUT2D eigenvalue weighted by Gasteiger charge is 2.33. The molecule has 21 heavy (non-hydrogen) atoms. The summed E-state index contributed by atoms with van der Waals surface area (Å²) in [5.74, 6) is 1.82. The van der Waals surface area contributed by atoms with E-state index in [0.717, 1.165) is 31.7 Å². The van der Waals surface area contributed by atoms with Crippen LogP contribution in [0, 0.1) is 23.2 Å². The Morgan fingerprint density at radius 1 is 1.19 bits per heavy atom. The van der Waals surface area contributed by atoms with Crippen LogP contribution in [0.2, 0.25) is 0 Å². The molecule has 0 aromatic rings. The summed E-state index contributed by atoms with van der Waals surface area (Å²) in [6, 6.07) is 0.192. The van der Waals surface area contributed by atoms with Crippen molar-refractivity contribution in [2.75, 3.05) is 13.6 Å². The van der Waals surface area contributed by atoms with Gasteiger partial charge in [0.2, 0.25) is 5.91 Å². The van der Waals surface area contributed by atoms with Gasteiger partial charge < -0.3 is 10.6 Å². The molecule has 0 aromatic heterocycles. The molecular weight excluding hydrogens is 260 g/mol. The van der Waals surface area contributed by atoms with Crippen molar-refractivity contribution >= 4 is 5.91 Å². The highest BCUT2D eigenvalue weighted by molar-refractivity contribution is 5.78. The van der Waals surface area contributed by atoms with Gasteiger partial charge in [-0.2, -0.15) is 0 Å². The summed E-state index contributed by atoms with van der Waals surface area (Å²) in [4.78, 5) is 14.4. The van der Waals surface area contributed by atoms with E-state index >= 15 is 0 Å². The van der Waals surface area contributed by atoms with Gasteiger partial charge in [0.05, 0.1) is 0 Å².